The number of esters is 1. The van der Waals surface area contributed by atoms with Crippen LogP contribution in [0.15, 0.2) is 18.2 Å². The van der Waals surface area contributed by atoms with Gasteiger partial charge in [-0.1, -0.05) is 0 Å². The summed E-state index contributed by atoms with van der Waals surface area (Å²) in [6.45, 7) is 1.29. The Morgan fingerprint density at radius 2 is 2.06 bits per heavy atom. The molecule has 0 radical (unpaired) electrons. The van der Waals surface area contributed by atoms with Gasteiger partial charge in [0, 0.05) is 12.1 Å². The zero-order valence-electron chi connectivity index (χ0n) is 9.15. The van der Waals surface area contributed by atoms with Crippen molar-refractivity contribution in [3.63, 3.8) is 0 Å². The summed E-state index contributed by atoms with van der Waals surface area (Å²) in [5.74, 6) is -1.24. The Hall–Kier alpha value is -2.12. The van der Waals surface area contributed by atoms with Crippen LogP contribution in [0.25, 0.3) is 0 Å². The molecule has 0 aliphatic carbocycles. The van der Waals surface area contributed by atoms with Crippen LogP contribution in [0.4, 0.5) is 18.9 Å². The molecule has 0 atom stereocenters. The average Bonchev–Trinajstić information content (AvgIpc) is 2.27. The number of alkyl halides is 3. The first-order valence-electron chi connectivity index (χ1n) is 4.80. The molecule has 0 saturated heterocycles. The van der Waals surface area contributed by atoms with Crippen LogP contribution in [0.2, 0.25) is 0 Å². The maximum absolute atomic E-state index is 12.6. The zero-order chi connectivity index (χ0) is 13.9. The summed E-state index contributed by atoms with van der Waals surface area (Å²) in [5.41, 5.74) is -2.73. The number of benzene rings is 1. The lowest BCUT2D eigenvalue weighted by Gasteiger charge is -2.11. The van der Waals surface area contributed by atoms with Crippen molar-refractivity contribution in [1.82, 2.24) is 0 Å². The minimum atomic E-state index is -4.78. The molecule has 0 aromatic heterocycles. The standard InChI is InChI=1S/C10H8F3NO4/c1-2-18-9(15)7-5-6(14(16)17)3-4-8(7)10(11,12)13/h3-5H,2H2,1H3. The number of carbonyl (C=O) groups is 1. The molecule has 0 saturated carbocycles. The van der Waals surface area contributed by atoms with Crippen molar-refractivity contribution in [3.05, 3.63) is 39.4 Å². The third-order valence-corrected chi connectivity index (χ3v) is 2.01. The molecule has 0 unspecified atom stereocenters. The molecule has 0 fully saturated rings. The van der Waals surface area contributed by atoms with E-state index in [0.29, 0.717) is 18.2 Å². The molecule has 0 aliphatic rings. The van der Waals surface area contributed by atoms with Crippen molar-refractivity contribution in [2.45, 2.75) is 13.1 Å². The largest absolute Gasteiger partial charge is 0.462 e. The average molecular weight is 263 g/mol. The lowest BCUT2D eigenvalue weighted by atomic mass is 10.1. The predicted molar refractivity (Wildman–Crippen MR) is 54.1 cm³/mol. The topological polar surface area (TPSA) is 69.4 Å². The Labute approximate surface area is 99.3 Å². The smallest absolute Gasteiger partial charge is 0.417 e. The maximum Gasteiger partial charge on any atom is 0.417 e. The van der Waals surface area contributed by atoms with Gasteiger partial charge in [-0.25, -0.2) is 4.79 Å². The summed E-state index contributed by atoms with van der Waals surface area (Å²) in [4.78, 5) is 20.9. The minimum Gasteiger partial charge on any atom is -0.462 e. The van der Waals surface area contributed by atoms with E-state index in [0.717, 1.165) is 0 Å². The zero-order valence-corrected chi connectivity index (χ0v) is 9.15. The summed E-state index contributed by atoms with van der Waals surface area (Å²) in [6.07, 6.45) is -4.78. The molecule has 18 heavy (non-hydrogen) atoms. The molecule has 98 valence electrons. The number of carbonyl (C=O) groups excluding carboxylic acids is 1. The number of halogens is 3. The van der Waals surface area contributed by atoms with Crippen molar-refractivity contribution >= 4 is 11.7 Å². The molecular weight excluding hydrogens is 255 g/mol. The highest BCUT2D eigenvalue weighted by Crippen LogP contribution is 2.34. The van der Waals surface area contributed by atoms with Gasteiger partial charge in [0.1, 0.15) is 0 Å². The van der Waals surface area contributed by atoms with Crippen LogP contribution in [0, 0.1) is 10.1 Å². The number of nitrogens with zero attached hydrogens (tertiary/aromatic N) is 1. The van der Waals surface area contributed by atoms with Crippen LogP contribution >= 0.6 is 0 Å². The molecule has 8 heteroatoms. The Morgan fingerprint density at radius 1 is 1.44 bits per heavy atom. The van der Waals surface area contributed by atoms with Crippen LogP contribution in [0.5, 0.6) is 0 Å². The second kappa shape index (κ2) is 5.03. The van der Waals surface area contributed by atoms with Crippen LogP contribution in [-0.4, -0.2) is 17.5 Å². The number of nitro benzene ring substituents is 1. The van der Waals surface area contributed by atoms with Crippen molar-refractivity contribution in [3.8, 4) is 0 Å². The number of nitro groups is 1. The quantitative estimate of drug-likeness (QED) is 0.477. The van der Waals surface area contributed by atoms with E-state index in [-0.39, 0.29) is 6.61 Å². The molecule has 0 bridgehead atoms. The van der Waals surface area contributed by atoms with E-state index in [1.807, 2.05) is 0 Å². The van der Waals surface area contributed by atoms with Crippen molar-refractivity contribution < 1.29 is 27.6 Å². The Balaban J connectivity index is 3.36. The van der Waals surface area contributed by atoms with Gasteiger partial charge in [0.25, 0.3) is 5.69 Å². The number of rotatable bonds is 3. The van der Waals surface area contributed by atoms with Crippen LogP contribution in [-0.2, 0) is 10.9 Å². The first kappa shape index (κ1) is 13.9. The van der Waals surface area contributed by atoms with Gasteiger partial charge in [-0.2, -0.15) is 13.2 Å². The Kier molecular flexibility index (Phi) is 3.89. The van der Waals surface area contributed by atoms with Gasteiger partial charge in [0.15, 0.2) is 0 Å². The molecule has 0 aliphatic heterocycles. The number of hydrogen-bond acceptors (Lipinski definition) is 4. The van der Waals surface area contributed by atoms with Gasteiger partial charge in [0.2, 0.25) is 0 Å². The van der Waals surface area contributed by atoms with Crippen LogP contribution in [0.3, 0.4) is 0 Å². The molecular formula is C10H8F3NO4. The minimum absolute atomic E-state index is 0.126. The first-order valence-corrected chi connectivity index (χ1v) is 4.80. The fourth-order valence-electron chi connectivity index (χ4n) is 1.27. The second-order valence-corrected chi connectivity index (χ2v) is 3.21. The van der Waals surface area contributed by atoms with E-state index >= 15 is 0 Å². The van der Waals surface area contributed by atoms with Gasteiger partial charge in [0.05, 0.1) is 22.7 Å². The lowest BCUT2D eigenvalue weighted by molar-refractivity contribution is -0.384. The van der Waals surface area contributed by atoms with E-state index in [1.165, 1.54) is 6.92 Å². The van der Waals surface area contributed by atoms with Crippen molar-refractivity contribution in [1.29, 1.82) is 0 Å². The van der Waals surface area contributed by atoms with Crippen LogP contribution in [0.1, 0.15) is 22.8 Å². The van der Waals surface area contributed by atoms with Crippen molar-refractivity contribution in [2.24, 2.45) is 0 Å². The summed E-state index contributed by atoms with van der Waals surface area (Å²) in [5, 5.41) is 10.5. The molecule has 1 aromatic rings. The highest BCUT2D eigenvalue weighted by molar-refractivity contribution is 5.92. The Morgan fingerprint density at radius 3 is 2.50 bits per heavy atom. The van der Waals surface area contributed by atoms with Gasteiger partial charge in [-0.3, -0.25) is 10.1 Å². The lowest BCUT2D eigenvalue weighted by Crippen LogP contribution is -2.15. The SMILES string of the molecule is CCOC(=O)c1cc([N+](=O)[O-])ccc1C(F)(F)F. The normalized spacial score (nSPS) is 11.1. The van der Waals surface area contributed by atoms with Gasteiger partial charge < -0.3 is 4.74 Å². The fourth-order valence-corrected chi connectivity index (χ4v) is 1.27. The summed E-state index contributed by atoms with van der Waals surface area (Å²) in [7, 11) is 0. The number of ether oxygens (including phenoxy) is 1. The van der Waals surface area contributed by atoms with E-state index in [1.54, 1.807) is 0 Å². The molecule has 0 amide bonds. The van der Waals surface area contributed by atoms with E-state index in [9.17, 15) is 28.1 Å². The fraction of sp³-hybridized carbons (Fsp3) is 0.300. The van der Waals surface area contributed by atoms with E-state index in [2.05, 4.69) is 4.74 Å². The third-order valence-electron chi connectivity index (χ3n) is 2.01. The molecule has 0 heterocycles. The molecule has 1 aromatic carbocycles. The van der Waals surface area contributed by atoms with Gasteiger partial charge in [-0.05, 0) is 13.0 Å². The van der Waals surface area contributed by atoms with Gasteiger partial charge >= 0.3 is 12.1 Å². The second-order valence-electron chi connectivity index (χ2n) is 3.21. The number of hydrogen-bond donors (Lipinski definition) is 0. The van der Waals surface area contributed by atoms with Gasteiger partial charge in [-0.15, -0.1) is 0 Å². The van der Waals surface area contributed by atoms with E-state index < -0.39 is 33.9 Å². The van der Waals surface area contributed by atoms with Crippen LogP contribution < -0.4 is 0 Å². The van der Waals surface area contributed by atoms with E-state index in [4.69, 9.17) is 0 Å². The first-order chi connectivity index (χ1) is 8.27. The maximum atomic E-state index is 12.6. The summed E-state index contributed by atoms with van der Waals surface area (Å²) < 4.78 is 42.2. The molecule has 0 N–H and O–H groups in total. The highest BCUT2D eigenvalue weighted by atomic mass is 19.4. The number of non-ortho nitro benzene ring substituents is 1. The summed E-state index contributed by atoms with van der Waals surface area (Å²) >= 11 is 0. The highest BCUT2D eigenvalue weighted by Gasteiger charge is 2.36. The monoisotopic (exact) mass is 263 g/mol. The molecule has 5 nitrogen and oxygen atoms in total. The summed E-state index contributed by atoms with van der Waals surface area (Å²) in [6, 6.07) is 1.73. The molecule has 0 spiro atoms. The third kappa shape index (κ3) is 2.96. The Bertz CT molecular complexity index is 485. The predicted octanol–water partition coefficient (Wildman–Crippen LogP) is 2.79. The molecule has 1 rings (SSSR count). The van der Waals surface area contributed by atoms with Crippen molar-refractivity contribution in [2.75, 3.05) is 6.61 Å².